The third-order valence-corrected chi connectivity index (χ3v) is 3.13. The molecule has 5 heteroatoms. The Morgan fingerprint density at radius 2 is 1.62 bits per heavy atom. The van der Waals surface area contributed by atoms with Crippen molar-refractivity contribution in [2.45, 2.75) is 19.9 Å². The number of halogens is 4. The van der Waals surface area contributed by atoms with E-state index in [1.807, 2.05) is 6.92 Å². The van der Waals surface area contributed by atoms with Crippen LogP contribution in [0.15, 0.2) is 30.3 Å². The van der Waals surface area contributed by atoms with E-state index in [0.29, 0.717) is 17.7 Å². The lowest BCUT2D eigenvalue weighted by Gasteiger charge is -2.12. The van der Waals surface area contributed by atoms with Crippen LogP contribution >= 0.6 is 0 Å². The monoisotopic (exact) mass is 297 g/mol. The Labute approximate surface area is 120 Å². The fourth-order valence-electron chi connectivity index (χ4n) is 2.11. The lowest BCUT2D eigenvalue weighted by Crippen LogP contribution is -2.14. The Morgan fingerprint density at radius 1 is 0.905 bits per heavy atom. The van der Waals surface area contributed by atoms with Crippen molar-refractivity contribution in [3.63, 3.8) is 0 Å². The second-order valence-electron chi connectivity index (χ2n) is 4.70. The van der Waals surface area contributed by atoms with Gasteiger partial charge in [0.2, 0.25) is 0 Å². The molecule has 21 heavy (non-hydrogen) atoms. The van der Waals surface area contributed by atoms with Crippen LogP contribution in [0.3, 0.4) is 0 Å². The van der Waals surface area contributed by atoms with Crippen LogP contribution in [0.1, 0.15) is 18.9 Å². The fraction of sp³-hybridized carbons (Fsp3) is 0.250. The molecule has 0 spiro atoms. The van der Waals surface area contributed by atoms with E-state index in [1.54, 1.807) is 0 Å². The SMILES string of the molecule is CCCNCc1cc(F)ccc1-c1ccc(F)c(F)c1F. The average Bonchev–Trinajstić information content (AvgIpc) is 2.46. The first-order valence-electron chi connectivity index (χ1n) is 6.67. The van der Waals surface area contributed by atoms with Crippen molar-refractivity contribution in [2.75, 3.05) is 6.54 Å². The van der Waals surface area contributed by atoms with Crippen LogP contribution < -0.4 is 5.32 Å². The summed E-state index contributed by atoms with van der Waals surface area (Å²) >= 11 is 0. The molecule has 0 fully saturated rings. The average molecular weight is 297 g/mol. The van der Waals surface area contributed by atoms with Crippen molar-refractivity contribution >= 4 is 0 Å². The van der Waals surface area contributed by atoms with Crippen molar-refractivity contribution in [2.24, 2.45) is 0 Å². The van der Waals surface area contributed by atoms with Gasteiger partial charge in [0.05, 0.1) is 0 Å². The summed E-state index contributed by atoms with van der Waals surface area (Å²) in [6.07, 6.45) is 0.893. The normalized spacial score (nSPS) is 10.9. The Morgan fingerprint density at radius 3 is 2.33 bits per heavy atom. The van der Waals surface area contributed by atoms with Gasteiger partial charge in [-0.3, -0.25) is 0 Å². The maximum atomic E-state index is 13.9. The van der Waals surface area contributed by atoms with Crippen LogP contribution in [0.5, 0.6) is 0 Å². The summed E-state index contributed by atoms with van der Waals surface area (Å²) in [5, 5.41) is 3.08. The molecule has 2 aromatic rings. The van der Waals surface area contributed by atoms with Gasteiger partial charge in [0.25, 0.3) is 0 Å². The summed E-state index contributed by atoms with van der Waals surface area (Å²) < 4.78 is 53.6. The molecule has 2 aromatic carbocycles. The van der Waals surface area contributed by atoms with Crippen molar-refractivity contribution < 1.29 is 17.6 Å². The second-order valence-corrected chi connectivity index (χ2v) is 4.70. The van der Waals surface area contributed by atoms with Gasteiger partial charge in [-0.15, -0.1) is 0 Å². The van der Waals surface area contributed by atoms with Crippen LogP contribution in [0.25, 0.3) is 11.1 Å². The molecule has 1 nitrogen and oxygen atoms in total. The van der Waals surface area contributed by atoms with E-state index in [2.05, 4.69) is 5.32 Å². The third-order valence-electron chi connectivity index (χ3n) is 3.13. The molecule has 0 saturated heterocycles. The Balaban J connectivity index is 2.46. The first-order chi connectivity index (χ1) is 10.0. The van der Waals surface area contributed by atoms with E-state index in [9.17, 15) is 17.6 Å². The van der Waals surface area contributed by atoms with E-state index in [-0.39, 0.29) is 5.56 Å². The van der Waals surface area contributed by atoms with Crippen LogP contribution in [0.4, 0.5) is 17.6 Å². The summed E-state index contributed by atoms with van der Waals surface area (Å²) in [5.74, 6) is -4.50. The number of rotatable bonds is 5. The number of hydrogen-bond acceptors (Lipinski definition) is 1. The topological polar surface area (TPSA) is 12.0 Å². The predicted octanol–water partition coefficient (Wildman–Crippen LogP) is 4.41. The third kappa shape index (κ3) is 3.42. The summed E-state index contributed by atoms with van der Waals surface area (Å²) in [6.45, 7) is 3.02. The van der Waals surface area contributed by atoms with E-state index < -0.39 is 23.3 Å². The van der Waals surface area contributed by atoms with Gasteiger partial charge in [-0.1, -0.05) is 13.0 Å². The van der Waals surface area contributed by atoms with Gasteiger partial charge >= 0.3 is 0 Å². The highest BCUT2D eigenvalue weighted by Crippen LogP contribution is 2.29. The van der Waals surface area contributed by atoms with Crippen LogP contribution in [-0.4, -0.2) is 6.54 Å². The van der Waals surface area contributed by atoms with Gasteiger partial charge in [0, 0.05) is 12.1 Å². The molecule has 0 aliphatic heterocycles. The van der Waals surface area contributed by atoms with Gasteiger partial charge < -0.3 is 5.32 Å². The second kappa shape index (κ2) is 6.72. The summed E-state index contributed by atoms with van der Waals surface area (Å²) in [5.41, 5.74) is 0.756. The summed E-state index contributed by atoms with van der Waals surface area (Å²) in [7, 11) is 0. The fourth-order valence-corrected chi connectivity index (χ4v) is 2.11. The Bertz CT molecular complexity index is 640. The minimum absolute atomic E-state index is 0.0813. The lowest BCUT2D eigenvalue weighted by atomic mass is 9.98. The van der Waals surface area contributed by atoms with Crippen LogP contribution in [0.2, 0.25) is 0 Å². The molecule has 0 bridgehead atoms. The molecule has 0 unspecified atom stereocenters. The van der Waals surface area contributed by atoms with Gasteiger partial charge in [-0.2, -0.15) is 0 Å². The maximum absolute atomic E-state index is 13.9. The standard InChI is InChI=1S/C16H15F4N/c1-2-7-21-9-10-8-11(17)3-4-12(10)13-5-6-14(18)16(20)15(13)19/h3-6,8,21H,2,7,9H2,1H3. The van der Waals surface area contributed by atoms with Crippen molar-refractivity contribution in [3.8, 4) is 11.1 Å². The van der Waals surface area contributed by atoms with E-state index >= 15 is 0 Å². The van der Waals surface area contributed by atoms with Crippen LogP contribution in [-0.2, 0) is 6.54 Å². The lowest BCUT2D eigenvalue weighted by molar-refractivity contribution is 0.449. The Kier molecular flexibility index (Phi) is 4.96. The first-order valence-corrected chi connectivity index (χ1v) is 6.67. The minimum atomic E-state index is -1.52. The van der Waals surface area contributed by atoms with Gasteiger partial charge in [0.15, 0.2) is 17.5 Å². The van der Waals surface area contributed by atoms with E-state index in [1.165, 1.54) is 18.2 Å². The molecule has 0 amide bonds. The molecular weight excluding hydrogens is 282 g/mol. The molecular formula is C16H15F4N. The molecule has 0 aromatic heterocycles. The van der Waals surface area contributed by atoms with Gasteiger partial charge in [-0.25, -0.2) is 17.6 Å². The minimum Gasteiger partial charge on any atom is -0.313 e. The van der Waals surface area contributed by atoms with Gasteiger partial charge in [0.1, 0.15) is 5.82 Å². The molecule has 112 valence electrons. The van der Waals surface area contributed by atoms with Crippen LogP contribution in [0, 0.1) is 23.3 Å². The van der Waals surface area contributed by atoms with Gasteiger partial charge in [-0.05, 0) is 48.4 Å². The highest BCUT2D eigenvalue weighted by atomic mass is 19.2. The number of benzene rings is 2. The highest BCUT2D eigenvalue weighted by molar-refractivity contribution is 5.68. The first kappa shape index (κ1) is 15.5. The molecule has 0 heterocycles. The van der Waals surface area contributed by atoms with Crippen molar-refractivity contribution in [1.82, 2.24) is 5.32 Å². The van der Waals surface area contributed by atoms with E-state index in [4.69, 9.17) is 0 Å². The van der Waals surface area contributed by atoms with E-state index in [0.717, 1.165) is 25.1 Å². The summed E-state index contributed by atoms with van der Waals surface area (Å²) in [4.78, 5) is 0. The quantitative estimate of drug-likeness (QED) is 0.490. The predicted molar refractivity (Wildman–Crippen MR) is 73.7 cm³/mol. The van der Waals surface area contributed by atoms with Crippen molar-refractivity contribution in [1.29, 1.82) is 0 Å². The molecule has 1 N–H and O–H groups in total. The molecule has 2 rings (SSSR count). The molecule has 0 aliphatic carbocycles. The zero-order valence-corrected chi connectivity index (χ0v) is 11.5. The smallest absolute Gasteiger partial charge is 0.195 e. The Hall–Kier alpha value is -1.88. The zero-order chi connectivity index (χ0) is 15.4. The zero-order valence-electron chi connectivity index (χ0n) is 11.5. The van der Waals surface area contributed by atoms with Crippen molar-refractivity contribution in [3.05, 3.63) is 59.2 Å². The summed E-state index contributed by atoms with van der Waals surface area (Å²) in [6, 6.07) is 5.82. The molecule has 0 saturated carbocycles. The molecule has 0 radical (unpaired) electrons. The maximum Gasteiger partial charge on any atom is 0.195 e. The highest BCUT2D eigenvalue weighted by Gasteiger charge is 2.17. The largest absolute Gasteiger partial charge is 0.313 e. The number of nitrogens with one attached hydrogen (secondary N) is 1. The number of hydrogen-bond donors (Lipinski definition) is 1. The molecule has 0 atom stereocenters. The molecule has 0 aliphatic rings.